The molecule has 0 heterocycles. The van der Waals surface area contributed by atoms with Crippen LogP contribution in [0.4, 0.5) is 4.39 Å². The molecule has 0 saturated carbocycles. The Hall–Kier alpha value is 0.210. The highest BCUT2D eigenvalue weighted by Gasteiger charge is 2.09. The van der Waals surface area contributed by atoms with Crippen LogP contribution < -0.4 is 0 Å². The fourth-order valence-electron chi connectivity index (χ4n) is 0.893. The summed E-state index contributed by atoms with van der Waals surface area (Å²) < 4.78 is 13.1. The van der Waals surface area contributed by atoms with Gasteiger partial charge in [-0.25, -0.2) is 4.39 Å². The van der Waals surface area contributed by atoms with E-state index in [4.69, 9.17) is 23.2 Å². The van der Waals surface area contributed by atoms with E-state index in [2.05, 4.69) is 15.9 Å². The van der Waals surface area contributed by atoms with Gasteiger partial charge in [-0.1, -0.05) is 39.1 Å². The van der Waals surface area contributed by atoms with Crippen LogP contribution >= 0.6 is 39.1 Å². The van der Waals surface area contributed by atoms with E-state index in [0.717, 1.165) is 0 Å². The average Bonchev–Trinajstić information content (AvgIpc) is 2.06. The molecule has 1 rings (SSSR count). The van der Waals surface area contributed by atoms with Gasteiger partial charge < -0.3 is 0 Å². The summed E-state index contributed by atoms with van der Waals surface area (Å²) in [4.78, 5) is 0. The fourth-order valence-corrected chi connectivity index (χ4v) is 1.71. The van der Waals surface area contributed by atoms with E-state index in [1.807, 2.05) is 0 Å². The zero-order chi connectivity index (χ0) is 9.14. The molecule has 0 unspecified atom stereocenters. The van der Waals surface area contributed by atoms with E-state index in [1.54, 1.807) is 0 Å². The number of hydrogen-bond acceptors (Lipinski definition) is 0. The SMILES string of the molecule is Fc1ccc(Cl)c(Cl)c1CCBr. The molecule has 0 spiro atoms. The van der Waals surface area contributed by atoms with Crippen molar-refractivity contribution in [2.75, 3.05) is 5.33 Å². The summed E-state index contributed by atoms with van der Waals surface area (Å²) in [5, 5.41) is 1.38. The molecule has 0 bridgehead atoms. The molecule has 12 heavy (non-hydrogen) atoms. The maximum atomic E-state index is 13.1. The van der Waals surface area contributed by atoms with Crippen molar-refractivity contribution in [2.24, 2.45) is 0 Å². The lowest BCUT2D eigenvalue weighted by Crippen LogP contribution is -1.93. The molecular weight excluding hydrogens is 266 g/mol. The first-order chi connectivity index (χ1) is 5.66. The van der Waals surface area contributed by atoms with Gasteiger partial charge in [0, 0.05) is 10.9 Å². The lowest BCUT2D eigenvalue weighted by molar-refractivity contribution is 0.613. The van der Waals surface area contributed by atoms with E-state index >= 15 is 0 Å². The second-order valence-electron chi connectivity index (χ2n) is 2.26. The molecule has 1 aromatic rings. The smallest absolute Gasteiger partial charge is 0.128 e. The van der Waals surface area contributed by atoms with E-state index in [0.29, 0.717) is 27.4 Å². The van der Waals surface area contributed by atoms with Crippen molar-refractivity contribution < 1.29 is 4.39 Å². The van der Waals surface area contributed by atoms with E-state index in [9.17, 15) is 4.39 Å². The summed E-state index contributed by atoms with van der Waals surface area (Å²) in [6.07, 6.45) is 0.547. The summed E-state index contributed by atoms with van der Waals surface area (Å²) in [6.45, 7) is 0. The van der Waals surface area contributed by atoms with E-state index in [1.165, 1.54) is 12.1 Å². The molecule has 0 aliphatic carbocycles. The molecule has 66 valence electrons. The molecule has 0 aromatic heterocycles. The summed E-state index contributed by atoms with van der Waals surface area (Å²) in [6, 6.07) is 2.78. The van der Waals surface area contributed by atoms with Gasteiger partial charge in [-0.05, 0) is 18.6 Å². The minimum absolute atomic E-state index is 0.302. The number of alkyl halides is 1. The molecule has 0 aliphatic heterocycles. The van der Waals surface area contributed by atoms with Crippen molar-refractivity contribution in [1.29, 1.82) is 0 Å². The van der Waals surface area contributed by atoms with Crippen molar-refractivity contribution >= 4 is 39.1 Å². The van der Waals surface area contributed by atoms with Gasteiger partial charge in [0.15, 0.2) is 0 Å². The van der Waals surface area contributed by atoms with Crippen LogP contribution in [0.25, 0.3) is 0 Å². The van der Waals surface area contributed by atoms with Gasteiger partial charge in [-0.15, -0.1) is 0 Å². The van der Waals surface area contributed by atoms with Crippen molar-refractivity contribution in [3.63, 3.8) is 0 Å². The Morgan fingerprint density at radius 2 is 2.00 bits per heavy atom. The van der Waals surface area contributed by atoms with Crippen LogP contribution in [0.5, 0.6) is 0 Å². The second kappa shape index (κ2) is 4.45. The van der Waals surface area contributed by atoms with Gasteiger partial charge in [-0.3, -0.25) is 0 Å². The molecule has 0 saturated heterocycles. The number of benzene rings is 1. The molecule has 0 radical (unpaired) electrons. The minimum Gasteiger partial charge on any atom is -0.207 e. The predicted octanol–water partition coefficient (Wildman–Crippen LogP) is 4.07. The summed E-state index contributed by atoms with van der Waals surface area (Å²) in [5.41, 5.74) is 0.473. The number of hydrogen-bond donors (Lipinski definition) is 0. The maximum Gasteiger partial charge on any atom is 0.128 e. The topological polar surface area (TPSA) is 0 Å². The number of rotatable bonds is 2. The molecular formula is C8H6BrCl2F. The van der Waals surface area contributed by atoms with E-state index in [-0.39, 0.29) is 5.82 Å². The highest BCUT2D eigenvalue weighted by Crippen LogP contribution is 2.28. The monoisotopic (exact) mass is 270 g/mol. The summed E-state index contributed by atoms with van der Waals surface area (Å²) in [5.74, 6) is -0.302. The van der Waals surface area contributed by atoms with Crippen LogP contribution in [-0.4, -0.2) is 5.33 Å². The van der Waals surface area contributed by atoms with Crippen LogP contribution in [-0.2, 0) is 6.42 Å². The Morgan fingerprint density at radius 3 is 2.58 bits per heavy atom. The Labute approximate surface area is 88.8 Å². The molecule has 4 heteroatoms. The normalized spacial score (nSPS) is 10.3. The summed E-state index contributed by atoms with van der Waals surface area (Å²) in [7, 11) is 0. The number of halogens is 4. The van der Waals surface area contributed by atoms with Gasteiger partial charge >= 0.3 is 0 Å². The molecule has 0 nitrogen and oxygen atoms in total. The molecule has 0 amide bonds. The van der Waals surface area contributed by atoms with Crippen LogP contribution in [0, 0.1) is 5.82 Å². The first-order valence-electron chi connectivity index (χ1n) is 3.35. The molecule has 1 aromatic carbocycles. The highest BCUT2D eigenvalue weighted by molar-refractivity contribution is 9.09. The van der Waals surface area contributed by atoms with Gasteiger partial charge in [0.2, 0.25) is 0 Å². The van der Waals surface area contributed by atoms with Gasteiger partial charge in [0.05, 0.1) is 10.0 Å². The van der Waals surface area contributed by atoms with Crippen molar-refractivity contribution in [1.82, 2.24) is 0 Å². The lowest BCUT2D eigenvalue weighted by atomic mass is 10.1. The van der Waals surface area contributed by atoms with Gasteiger partial charge in [-0.2, -0.15) is 0 Å². The summed E-state index contributed by atoms with van der Waals surface area (Å²) >= 11 is 14.7. The molecule has 0 aliphatic rings. The van der Waals surface area contributed by atoms with Crippen molar-refractivity contribution in [3.05, 3.63) is 33.6 Å². The van der Waals surface area contributed by atoms with Crippen molar-refractivity contribution in [3.8, 4) is 0 Å². The largest absolute Gasteiger partial charge is 0.207 e. The standard InChI is InChI=1S/C8H6BrCl2F/c9-4-3-5-7(12)2-1-6(10)8(5)11/h1-2H,3-4H2. The first kappa shape index (κ1) is 10.3. The van der Waals surface area contributed by atoms with Crippen LogP contribution in [0.15, 0.2) is 12.1 Å². The Morgan fingerprint density at radius 1 is 1.33 bits per heavy atom. The zero-order valence-electron chi connectivity index (χ0n) is 6.08. The van der Waals surface area contributed by atoms with Crippen LogP contribution in [0.1, 0.15) is 5.56 Å². The Kier molecular flexibility index (Phi) is 3.81. The minimum atomic E-state index is -0.302. The maximum absolute atomic E-state index is 13.1. The van der Waals surface area contributed by atoms with E-state index < -0.39 is 0 Å². The fraction of sp³-hybridized carbons (Fsp3) is 0.250. The second-order valence-corrected chi connectivity index (χ2v) is 3.84. The average molecular weight is 272 g/mol. The van der Waals surface area contributed by atoms with Crippen molar-refractivity contribution in [2.45, 2.75) is 6.42 Å². The zero-order valence-corrected chi connectivity index (χ0v) is 9.18. The molecule has 0 N–H and O–H groups in total. The third-order valence-corrected chi connectivity index (χ3v) is 2.72. The lowest BCUT2D eigenvalue weighted by Gasteiger charge is -2.04. The molecule has 0 atom stereocenters. The molecule has 0 fully saturated rings. The third kappa shape index (κ3) is 2.12. The van der Waals surface area contributed by atoms with Gasteiger partial charge in [0.1, 0.15) is 5.82 Å². The third-order valence-electron chi connectivity index (χ3n) is 1.48. The quantitative estimate of drug-likeness (QED) is 0.562. The van der Waals surface area contributed by atoms with Gasteiger partial charge in [0.25, 0.3) is 0 Å². The first-order valence-corrected chi connectivity index (χ1v) is 5.23. The van der Waals surface area contributed by atoms with Crippen LogP contribution in [0.3, 0.4) is 0 Å². The highest BCUT2D eigenvalue weighted by atomic mass is 79.9. The Balaban J connectivity index is 3.14. The Bertz CT molecular complexity index is 289. The van der Waals surface area contributed by atoms with Crippen LogP contribution in [0.2, 0.25) is 10.0 Å². The predicted molar refractivity (Wildman–Crippen MR) is 53.9 cm³/mol.